The molecule has 22 heavy (non-hydrogen) atoms. The minimum absolute atomic E-state index is 0.0755. The first kappa shape index (κ1) is 15.4. The van der Waals surface area contributed by atoms with Crippen LogP contribution in [-0.2, 0) is 0 Å². The standard InChI is InChI=1S/C15H12F2N2O3/c16-15(17)22-12-8-4-7-11(9-12)14(21)19-18-13(20)10-5-2-1-3-6-10/h1-9,15H,(H,18,20)(H,19,21). The van der Waals surface area contributed by atoms with Crippen molar-refractivity contribution < 1.29 is 23.1 Å². The smallest absolute Gasteiger partial charge is 0.387 e. The van der Waals surface area contributed by atoms with Crippen molar-refractivity contribution in [1.82, 2.24) is 10.9 Å². The van der Waals surface area contributed by atoms with Gasteiger partial charge in [0.15, 0.2) is 0 Å². The van der Waals surface area contributed by atoms with Gasteiger partial charge in [-0.2, -0.15) is 8.78 Å². The summed E-state index contributed by atoms with van der Waals surface area (Å²) in [4.78, 5) is 23.6. The van der Waals surface area contributed by atoms with E-state index in [9.17, 15) is 18.4 Å². The first-order chi connectivity index (χ1) is 10.6. The number of hydrogen-bond acceptors (Lipinski definition) is 3. The van der Waals surface area contributed by atoms with Crippen LogP contribution in [0.5, 0.6) is 5.75 Å². The first-order valence-electron chi connectivity index (χ1n) is 6.27. The quantitative estimate of drug-likeness (QED) is 0.852. The second-order valence-corrected chi connectivity index (χ2v) is 4.18. The average molecular weight is 306 g/mol. The molecule has 0 spiro atoms. The van der Waals surface area contributed by atoms with E-state index in [2.05, 4.69) is 15.6 Å². The molecule has 114 valence electrons. The maximum atomic E-state index is 12.1. The Bertz CT molecular complexity index is 663. The van der Waals surface area contributed by atoms with Gasteiger partial charge in [-0.15, -0.1) is 0 Å². The summed E-state index contributed by atoms with van der Waals surface area (Å²) in [7, 11) is 0. The van der Waals surface area contributed by atoms with Gasteiger partial charge in [-0.3, -0.25) is 20.4 Å². The lowest BCUT2D eigenvalue weighted by Gasteiger charge is -2.09. The zero-order valence-electron chi connectivity index (χ0n) is 11.3. The summed E-state index contributed by atoms with van der Waals surface area (Å²) in [5.74, 6) is -1.28. The third kappa shape index (κ3) is 4.27. The molecule has 0 aliphatic rings. The Morgan fingerprint density at radius 2 is 1.45 bits per heavy atom. The first-order valence-corrected chi connectivity index (χ1v) is 6.27. The Labute approximate surface area is 124 Å². The fourth-order valence-corrected chi connectivity index (χ4v) is 1.66. The number of benzene rings is 2. The summed E-state index contributed by atoms with van der Waals surface area (Å²) in [5.41, 5.74) is 4.87. The lowest BCUT2D eigenvalue weighted by Crippen LogP contribution is -2.41. The molecule has 5 nitrogen and oxygen atoms in total. The van der Waals surface area contributed by atoms with Gasteiger partial charge < -0.3 is 4.74 Å². The predicted molar refractivity (Wildman–Crippen MR) is 74.4 cm³/mol. The van der Waals surface area contributed by atoms with Crippen molar-refractivity contribution in [3.8, 4) is 5.75 Å². The van der Waals surface area contributed by atoms with Crippen LogP contribution in [0.4, 0.5) is 8.78 Å². The van der Waals surface area contributed by atoms with Crippen LogP contribution in [0.2, 0.25) is 0 Å². The summed E-state index contributed by atoms with van der Waals surface area (Å²) in [5, 5.41) is 0. The molecule has 2 amide bonds. The molecule has 0 radical (unpaired) electrons. The summed E-state index contributed by atoms with van der Waals surface area (Å²) in [6, 6.07) is 13.5. The van der Waals surface area contributed by atoms with Crippen LogP contribution < -0.4 is 15.6 Å². The highest BCUT2D eigenvalue weighted by molar-refractivity contribution is 5.99. The number of carbonyl (C=O) groups excluding carboxylic acids is 2. The van der Waals surface area contributed by atoms with Crippen LogP contribution in [0.1, 0.15) is 20.7 Å². The molecule has 0 unspecified atom stereocenters. The third-order valence-corrected chi connectivity index (χ3v) is 2.65. The Morgan fingerprint density at radius 3 is 2.09 bits per heavy atom. The molecule has 0 aromatic heterocycles. The second kappa shape index (κ2) is 7.16. The number of halogens is 2. The summed E-state index contributed by atoms with van der Waals surface area (Å²) >= 11 is 0. The minimum Gasteiger partial charge on any atom is -0.435 e. The van der Waals surface area contributed by atoms with Crippen LogP contribution in [-0.4, -0.2) is 18.4 Å². The highest BCUT2D eigenvalue weighted by Gasteiger charge is 2.11. The summed E-state index contributed by atoms with van der Waals surface area (Å²) in [6.07, 6.45) is 0. The number of nitrogens with one attached hydrogen (secondary N) is 2. The van der Waals surface area contributed by atoms with Gasteiger partial charge in [0.25, 0.3) is 11.8 Å². The highest BCUT2D eigenvalue weighted by Crippen LogP contribution is 2.15. The van der Waals surface area contributed by atoms with Crippen molar-refractivity contribution in [2.24, 2.45) is 0 Å². The van der Waals surface area contributed by atoms with E-state index in [1.54, 1.807) is 30.3 Å². The summed E-state index contributed by atoms with van der Waals surface area (Å²) < 4.78 is 28.4. The van der Waals surface area contributed by atoms with E-state index in [-0.39, 0.29) is 11.3 Å². The van der Waals surface area contributed by atoms with Crippen molar-refractivity contribution >= 4 is 11.8 Å². The Hall–Kier alpha value is -2.96. The third-order valence-electron chi connectivity index (χ3n) is 2.65. The van der Waals surface area contributed by atoms with E-state index >= 15 is 0 Å². The number of carbonyl (C=O) groups is 2. The molecular formula is C15H12F2N2O3. The molecule has 0 saturated carbocycles. The zero-order chi connectivity index (χ0) is 15.9. The van der Waals surface area contributed by atoms with Gasteiger partial charge in [0.05, 0.1) is 0 Å². The molecule has 2 aromatic rings. The van der Waals surface area contributed by atoms with Gasteiger partial charge in [-0.25, -0.2) is 0 Å². The molecule has 2 rings (SSSR count). The van der Waals surface area contributed by atoms with Gasteiger partial charge >= 0.3 is 6.61 Å². The molecule has 0 aliphatic carbocycles. The van der Waals surface area contributed by atoms with E-state index in [0.717, 1.165) is 6.07 Å². The Balaban J connectivity index is 1.96. The molecule has 0 fully saturated rings. The average Bonchev–Trinajstić information content (AvgIpc) is 2.52. The van der Waals surface area contributed by atoms with E-state index in [1.807, 2.05) is 0 Å². The van der Waals surface area contributed by atoms with Gasteiger partial charge in [-0.05, 0) is 30.3 Å². The van der Waals surface area contributed by atoms with Gasteiger partial charge in [0.2, 0.25) is 0 Å². The van der Waals surface area contributed by atoms with Crippen LogP contribution >= 0.6 is 0 Å². The van der Waals surface area contributed by atoms with Crippen molar-refractivity contribution in [2.75, 3.05) is 0 Å². The number of hydrogen-bond donors (Lipinski definition) is 2. The van der Waals surface area contributed by atoms with Crippen molar-refractivity contribution in [2.45, 2.75) is 6.61 Å². The van der Waals surface area contributed by atoms with Crippen LogP contribution in [0.25, 0.3) is 0 Å². The van der Waals surface area contributed by atoms with E-state index in [4.69, 9.17) is 0 Å². The van der Waals surface area contributed by atoms with Gasteiger partial charge in [-0.1, -0.05) is 24.3 Å². The number of rotatable bonds is 4. The van der Waals surface area contributed by atoms with E-state index in [0.29, 0.717) is 5.56 Å². The second-order valence-electron chi connectivity index (χ2n) is 4.18. The van der Waals surface area contributed by atoms with Crippen LogP contribution in [0.3, 0.4) is 0 Å². The molecule has 7 heteroatoms. The van der Waals surface area contributed by atoms with E-state index < -0.39 is 18.4 Å². The van der Waals surface area contributed by atoms with Gasteiger partial charge in [0, 0.05) is 11.1 Å². The molecule has 0 aliphatic heterocycles. The van der Waals surface area contributed by atoms with Crippen LogP contribution in [0, 0.1) is 0 Å². The van der Waals surface area contributed by atoms with Crippen molar-refractivity contribution in [3.05, 3.63) is 65.7 Å². The number of alkyl halides is 2. The predicted octanol–water partition coefficient (Wildman–Crippen LogP) is 2.36. The number of hydrazine groups is 1. The lowest BCUT2D eigenvalue weighted by atomic mass is 10.2. The van der Waals surface area contributed by atoms with Crippen LogP contribution in [0.15, 0.2) is 54.6 Å². The van der Waals surface area contributed by atoms with Crippen molar-refractivity contribution in [3.63, 3.8) is 0 Å². The summed E-state index contributed by atoms with van der Waals surface area (Å²) in [6.45, 7) is -2.98. The maximum absolute atomic E-state index is 12.1. The normalized spacial score (nSPS) is 10.1. The fourth-order valence-electron chi connectivity index (χ4n) is 1.66. The number of ether oxygens (including phenoxy) is 1. The SMILES string of the molecule is O=C(NNC(=O)c1cccc(OC(F)F)c1)c1ccccc1. The molecule has 2 N–H and O–H groups in total. The van der Waals surface area contributed by atoms with E-state index in [1.165, 1.54) is 18.2 Å². The molecule has 0 bridgehead atoms. The maximum Gasteiger partial charge on any atom is 0.387 e. The molecule has 0 heterocycles. The molecule has 0 saturated heterocycles. The van der Waals surface area contributed by atoms with Crippen molar-refractivity contribution in [1.29, 1.82) is 0 Å². The Kier molecular flexibility index (Phi) is 5.02. The Morgan fingerprint density at radius 1 is 0.864 bits per heavy atom. The molecule has 0 atom stereocenters. The fraction of sp³-hybridized carbons (Fsp3) is 0.0667. The monoisotopic (exact) mass is 306 g/mol. The molecule has 2 aromatic carbocycles. The minimum atomic E-state index is -2.98. The topological polar surface area (TPSA) is 67.4 Å². The highest BCUT2D eigenvalue weighted by atomic mass is 19.3. The number of amides is 2. The largest absolute Gasteiger partial charge is 0.435 e. The zero-order valence-corrected chi connectivity index (χ0v) is 11.3. The molecular weight excluding hydrogens is 294 g/mol. The lowest BCUT2D eigenvalue weighted by molar-refractivity contribution is -0.0498. The van der Waals surface area contributed by atoms with Gasteiger partial charge in [0.1, 0.15) is 5.75 Å².